The fourth-order valence-electron chi connectivity index (χ4n) is 6.56. The van der Waals surface area contributed by atoms with E-state index in [0.717, 1.165) is 44.6 Å². The number of hydrogen-bond donors (Lipinski definition) is 0. The third kappa shape index (κ3) is 5.31. The lowest BCUT2D eigenvalue weighted by Crippen LogP contribution is -1.96. The van der Waals surface area contributed by atoms with Crippen molar-refractivity contribution < 1.29 is 0 Å². The molecule has 1 heterocycles. The second kappa shape index (κ2) is 13.1. The number of allylic oxidation sites excluding steroid dienone is 7. The van der Waals surface area contributed by atoms with E-state index in [-0.39, 0.29) is 0 Å². The van der Waals surface area contributed by atoms with Crippen LogP contribution < -0.4 is 0 Å². The largest absolute Gasteiger partial charge is 0.309 e. The lowest BCUT2D eigenvalue weighted by Gasteiger charge is -2.15. The highest BCUT2D eigenvalue weighted by Crippen LogP contribution is 2.42. The normalized spacial score (nSPS) is 12.2. The molecule has 0 fully saturated rings. The molecular formula is C45H39N. The summed E-state index contributed by atoms with van der Waals surface area (Å²) >= 11 is 0. The van der Waals surface area contributed by atoms with Crippen LogP contribution in [0.4, 0.5) is 0 Å². The maximum Gasteiger partial charge on any atom is 0.0553 e. The van der Waals surface area contributed by atoms with Crippen LogP contribution in [0.5, 0.6) is 0 Å². The van der Waals surface area contributed by atoms with Crippen molar-refractivity contribution in [2.24, 2.45) is 0 Å². The molecule has 0 N–H and O–H groups in total. The summed E-state index contributed by atoms with van der Waals surface area (Å²) in [5.41, 5.74) is 15.0. The first-order valence-electron chi connectivity index (χ1n) is 15.8. The molecule has 1 nitrogen and oxygen atoms in total. The van der Waals surface area contributed by atoms with Gasteiger partial charge in [-0.3, -0.25) is 0 Å². The SMILES string of the molecule is C=C/C(=C\C)c1ccc(-c2ccc3c4c(C=C)c(/C=C\C)c(-c5ccc(/C(C=C)=C/C)cc5)cc4n(-c4ccccc4)c3c2)cc1. The summed E-state index contributed by atoms with van der Waals surface area (Å²) < 4.78 is 2.40. The fraction of sp³-hybridized carbons (Fsp3) is 0.0667. The second-order valence-corrected chi connectivity index (χ2v) is 11.3. The lowest BCUT2D eigenvalue weighted by atomic mass is 9.90. The van der Waals surface area contributed by atoms with Crippen LogP contribution in [0.25, 0.3) is 73.0 Å². The number of para-hydroxylation sites is 1. The van der Waals surface area contributed by atoms with E-state index in [1.54, 1.807) is 0 Å². The summed E-state index contributed by atoms with van der Waals surface area (Å²) in [5.74, 6) is 0. The Labute approximate surface area is 273 Å². The lowest BCUT2D eigenvalue weighted by molar-refractivity contribution is 1.18. The Morgan fingerprint density at radius 1 is 0.587 bits per heavy atom. The van der Waals surface area contributed by atoms with Gasteiger partial charge >= 0.3 is 0 Å². The highest BCUT2D eigenvalue weighted by Gasteiger charge is 2.20. The highest BCUT2D eigenvalue weighted by molar-refractivity contribution is 6.16. The number of nitrogens with zero attached hydrogens (tertiary/aromatic N) is 1. The molecule has 0 unspecified atom stereocenters. The van der Waals surface area contributed by atoms with Crippen LogP contribution in [0.3, 0.4) is 0 Å². The summed E-state index contributed by atoms with van der Waals surface area (Å²) in [6, 6.07) is 37.4. The summed E-state index contributed by atoms with van der Waals surface area (Å²) in [5, 5.41) is 2.41. The van der Waals surface area contributed by atoms with Crippen molar-refractivity contribution >= 4 is 45.1 Å². The Morgan fingerprint density at radius 2 is 1.17 bits per heavy atom. The van der Waals surface area contributed by atoms with Gasteiger partial charge in [-0.25, -0.2) is 0 Å². The first-order chi connectivity index (χ1) is 22.6. The predicted octanol–water partition coefficient (Wildman–Crippen LogP) is 13.0. The van der Waals surface area contributed by atoms with Crippen molar-refractivity contribution in [3.8, 4) is 27.9 Å². The van der Waals surface area contributed by atoms with Crippen LogP contribution in [-0.2, 0) is 0 Å². The van der Waals surface area contributed by atoms with Crippen LogP contribution in [0, 0.1) is 0 Å². The monoisotopic (exact) mass is 593 g/mol. The average molecular weight is 594 g/mol. The Hall–Kier alpha value is -5.66. The zero-order chi connectivity index (χ0) is 32.2. The molecule has 0 aliphatic carbocycles. The minimum Gasteiger partial charge on any atom is -0.309 e. The van der Waals surface area contributed by atoms with Gasteiger partial charge in [0.1, 0.15) is 0 Å². The first kappa shape index (κ1) is 30.4. The average Bonchev–Trinajstić information content (AvgIpc) is 3.43. The molecular weight excluding hydrogens is 555 g/mol. The van der Waals surface area contributed by atoms with Gasteiger partial charge in [0.15, 0.2) is 0 Å². The van der Waals surface area contributed by atoms with Crippen molar-refractivity contribution in [3.05, 3.63) is 175 Å². The van der Waals surface area contributed by atoms with Crippen molar-refractivity contribution in [2.45, 2.75) is 20.8 Å². The van der Waals surface area contributed by atoms with Gasteiger partial charge in [0.2, 0.25) is 0 Å². The summed E-state index contributed by atoms with van der Waals surface area (Å²) in [7, 11) is 0. The Morgan fingerprint density at radius 3 is 1.72 bits per heavy atom. The zero-order valence-electron chi connectivity index (χ0n) is 26.9. The highest BCUT2D eigenvalue weighted by atomic mass is 15.0. The molecule has 6 rings (SSSR count). The number of fused-ring (bicyclic) bond motifs is 3. The van der Waals surface area contributed by atoms with Crippen LogP contribution in [0.15, 0.2) is 153 Å². The molecule has 0 saturated carbocycles. The van der Waals surface area contributed by atoms with Crippen molar-refractivity contribution in [2.75, 3.05) is 0 Å². The molecule has 5 aromatic carbocycles. The summed E-state index contributed by atoms with van der Waals surface area (Å²) in [6.45, 7) is 18.5. The maximum absolute atomic E-state index is 4.34. The molecule has 1 aromatic heterocycles. The van der Waals surface area contributed by atoms with Gasteiger partial charge in [0.05, 0.1) is 11.0 Å². The standard InChI is InChI=1S/C45H39N/c1-7-16-40-39(12-6)45-41-28-27-37(35-21-19-33(20-22-35)31(8-2)9-3)29-43(41)46(38-17-14-13-15-18-38)44(45)30-42(40)36-25-23-34(24-26-36)32(10-4)11-5/h7-30H,2,4,6H2,1,3,5H3/b16-7-,31-9+,32-11+. The number of aromatic nitrogens is 1. The molecule has 0 saturated heterocycles. The third-order valence-corrected chi connectivity index (χ3v) is 8.83. The molecule has 0 atom stereocenters. The topological polar surface area (TPSA) is 4.93 Å². The fourth-order valence-corrected chi connectivity index (χ4v) is 6.56. The maximum atomic E-state index is 4.34. The molecule has 0 aliphatic heterocycles. The van der Waals surface area contributed by atoms with Crippen molar-refractivity contribution in [3.63, 3.8) is 0 Å². The smallest absolute Gasteiger partial charge is 0.0553 e. The molecule has 0 radical (unpaired) electrons. The van der Waals surface area contributed by atoms with E-state index >= 15 is 0 Å². The van der Waals surface area contributed by atoms with E-state index in [1.165, 1.54) is 38.6 Å². The van der Waals surface area contributed by atoms with Crippen LogP contribution in [0.1, 0.15) is 43.0 Å². The van der Waals surface area contributed by atoms with Crippen LogP contribution >= 0.6 is 0 Å². The Bertz CT molecular complexity index is 2180. The van der Waals surface area contributed by atoms with Crippen LogP contribution in [-0.4, -0.2) is 4.57 Å². The van der Waals surface area contributed by atoms with Gasteiger partial charge in [-0.1, -0.05) is 141 Å². The molecule has 224 valence electrons. The third-order valence-electron chi connectivity index (χ3n) is 8.83. The number of hydrogen-bond acceptors (Lipinski definition) is 0. The van der Waals surface area contributed by atoms with Crippen molar-refractivity contribution in [1.29, 1.82) is 0 Å². The number of benzene rings is 5. The van der Waals surface area contributed by atoms with Gasteiger partial charge in [0, 0.05) is 16.5 Å². The van der Waals surface area contributed by atoms with E-state index in [2.05, 4.69) is 159 Å². The number of rotatable bonds is 9. The Kier molecular flexibility index (Phi) is 8.68. The minimum atomic E-state index is 1.12. The molecule has 1 heteroatoms. The van der Waals surface area contributed by atoms with Gasteiger partial charge in [-0.05, 0) is 101 Å². The predicted molar refractivity (Wildman–Crippen MR) is 204 cm³/mol. The zero-order valence-corrected chi connectivity index (χ0v) is 26.9. The van der Waals surface area contributed by atoms with E-state index in [9.17, 15) is 0 Å². The molecule has 0 aliphatic rings. The summed E-state index contributed by atoms with van der Waals surface area (Å²) in [6.07, 6.45) is 14.3. The molecule has 0 amide bonds. The minimum absolute atomic E-state index is 1.12. The molecule has 46 heavy (non-hydrogen) atoms. The van der Waals surface area contributed by atoms with E-state index < -0.39 is 0 Å². The van der Waals surface area contributed by atoms with Crippen molar-refractivity contribution in [1.82, 2.24) is 4.57 Å². The molecule has 0 spiro atoms. The molecule has 0 bridgehead atoms. The summed E-state index contributed by atoms with van der Waals surface area (Å²) in [4.78, 5) is 0. The van der Waals surface area contributed by atoms with Gasteiger partial charge in [-0.15, -0.1) is 0 Å². The van der Waals surface area contributed by atoms with Gasteiger partial charge < -0.3 is 4.57 Å². The quantitative estimate of drug-likeness (QED) is 0.147. The second-order valence-electron chi connectivity index (χ2n) is 11.3. The molecule has 6 aromatic rings. The van der Waals surface area contributed by atoms with Gasteiger partial charge in [-0.2, -0.15) is 0 Å². The van der Waals surface area contributed by atoms with E-state index in [0.29, 0.717) is 0 Å². The first-order valence-corrected chi connectivity index (χ1v) is 15.8. The Balaban J connectivity index is 1.65. The van der Waals surface area contributed by atoms with E-state index in [1.807, 2.05) is 32.1 Å². The van der Waals surface area contributed by atoms with Gasteiger partial charge in [0.25, 0.3) is 0 Å². The van der Waals surface area contributed by atoms with Crippen LogP contribution in [0.2, 0.25) is 0 Å². The van der Waals surface area contributed by atoms with E-state index in [4.69, 9.17) is 0 Å².